The van der Waals surface area contributed by atoms with Crippen molar-refractivity contribution in [2.75, 3.05) is 19.8 Å². The van der Waals surface area contributed by atoms with Crippen LogP contribution in [-0.2, 0) is 9.47 Å². The van der Waals surface area contributed by atoms with Gasteiger partial charge in [-0.2, -0.15) is 5.10 Å². The first-order valence-electron chi connectivity index (χ1n) is 13.9. The quantitative estimate of drug-likeness (QED) is 0.0459. The molecule has 0 aromatic rings. The van der Waals surface area contributed by atoms with E-state index in [2.05, 4.69) is 22.8 Å². The van der Waals surface area contributed by atoms with E-state index in [4.69, 9.17) is 9.47 Å². The summed E-state index contributed by atoms with van der Waals surface area (Å²) in [5, 5.41) is 85.4. The van der Waals surface area contributed by atoms with Crippen molar-refractivity contribution in [1.82, 2.24) is 10.7 Å². The lowest BCUT2D eigenvalue weighted by Gasteiger charge is -2.42. The molecule has 1 fully saturated rings. The predicted octanol–water partition coefficient (Wildman–Crippen LogP) is -1.55. The highest BCUT2D eigenvalue weighted by Crippen LogP contribution is 2.24. The lowest BCUT2D eigenvalue weighted by Crippen LogP contribution is -2.61. The Hall–Kier alpha value is -1.46. The summed E-state index contributed by atoms with van der Waals surface area (Å²) in [4.78, 5) is 11.9. The molecule has 14 nitrogen and oxygen atoms in total. The summed E-state index contributed by atoms with van der Waals surface area (Å²) in [6.07, 6.45) is -3.11. The first kappa shape index (κ1) is 35.6. The SMILES string of the molecule is CCCCCCCCCCCCNC(=O)N/N=C/[C@H](O)[C@@H](O)[C@H](O[C@H]1O[C@H](CO)[C@@H](O)[C@H](O)[C@H]1O)[C@H](O)CO. The van der Waals surface area contributed by atoms with Crippen molar-refractivity contribution in [3.8, 4) is 0 Å². The number of nitrogens with zero attached hydrogens (tertiary/aromatic N) is 1. The molecular weight excluding hydrogens is 518 g/mol. The molecule has 0 bridgehead atoms. The Kier molecular flexibility index (Phi) is 18.6. The molecule has 1 heterocycles. The van der Waals surface area contributed by atoms with Gasteiger partial charge in [0.1, 0.15) is 48.8 Å². The minimum absolute atomic E-state index is 0.445. The van der Waals surface area contributed by atoms with Gasteiger partial charge in [0.15, 0.2) is 6.29 Å². The second kappa shape index (κ2) is 20.4. The first-order valence-corrected chi connectivity index (χ1v) is 13.9. The number of aliphatic hydroxyl groups is 8. The molecule has 0 aliphatic carbocycles. The minimum Gasteiger partial charge on any atom is -0.394 e. The lowest BCUT2D eigenvalue weighted by atomic mass is 9.98. The van der Waals surface area contributed by atoms with Crippen LogP contribution in [-0.4, -0.2) is 128 Å². The molecule has 10 N–H and O–H groups in total. The lowest BCUT2D eigenvalue weighted by molar-refractivity contribution is -0.326. The van der Waals surface area contributed by atoms with Crippen LogP contribution in [0, 0.1) is 0 Å². The van der Waals surface area contributed by atoms with Crippen LogP contribution in [0.1, 0.15) is 71.1 Å². The topological polar surface area (TPSA) is 234 Å². The maximum Gasteiger partial charge on any atom is 0.335 e. The van der Waals surface area contributed by atoms with Gasteiger partial charge in [0.2, 0.25) is 0 Å². The van der Waals surface area contributed by atoms with Crippen LogP contribution < -0.4 is 10.7 Å². The number of urea groups is 1. The zero-order valence-corrected chi connectivity index (χ0v) is 22.7. The van der Waals surface area contributed by atoms with E-state index in [-0.39, 0.29) is 0 Å². The van der Waals surface area contributed by atoms with Crippen molar-refractivity contribution in [3.63, 3.8) is 0 Å². The summed E-state index contributed by atoms with van der Waals surface area (Å²) in [6, 6.07) is -0.617. The number of hydrazone groups is 1. The van der Waals surface area contributed by atoms with Crippen molar-refractivity contribution in [3.05, 3.63) is 0 Å². The number of ether oxygens (including phenoxy) is 2. The zero-order chi connectivity index (χ0) is 29.2. The van der Waals surface area contributed by atoms with Gasteiger partial charge in [0, 0.05) is 6.54 Å². The Morgan fingerprint density at radius 2 is 1.51 bits per heavy atom. The molecule has 0 aromatic heterocycles. The monoisotopic (exact) mass is 567 g/mol. The molecule has 14 heteroatoms. The zero-order valence-electron chi connectivity index (χ0n) is 22.7. The summed E-state index contributed by atoms with van der Waals surface area (Å²) in [6.45, 7) is 0.997. The van der Waals surface area contributed by atoms with E-state index in [1.807, 2.05) is 0 Å². The molecule has 230 valence electrons. The van der Waals surface area contributed by atoms with Crippen LogP contribution >= 0.6 is 0 Å². The van der Waals surface area contributed by atoms with Gasteiger partial charge >= 0.3 is 6.03 Å². The molecular formula is C25H49N3O11. The predicted molar refractivity (Wildman–Crippen MR) is 141 cm³/mol. The van der Waals surface area contributed by atoms with Crippen molar-refractivity contribution < 1.29 is 55.1 Å². The third-order valence-corrected chi connectivity index (χ3v) is 6.60. The molecule has 9 atom stereocenters. The number of hydrogen-bond donors (Lipinski definition) is 10. The number of aliphatic hydroxyl groups excluding tert-OH is 8. The summed E-state index contributed by atoms with van der Waals surface area (Å²) in [5.74, 6) is 0. The van der Waals surface area contributed by atoms with E-state index in [1.54, 1.807) is 0 Å². The number of rotatable bonds is 20. The second-order valence-corrected chi connectivity index (χ2v) is 9.86. The average Bonchev–Trinajstić information content (AvgIpc) is 2.93. The number of amides is 2. The highest BCUT2D eigenvalue weighted by molar-refractivity contribution is 5.75. The van der Waals surface area contributed by atoms with Gasteiger partial charge in [0.25, 0.3) is 0 Å². The maximum atomic E-state index is 11.9. The van der Waals surface area contributed by atoms with Crippen molar-refractivity contribution in [2.24, 2.45) is 5.10 Å². The Balaban J connectivity index is 2.41. The first-order chi connectivity index (χ1) is 18.7. The fraction of sp³-hybridized carbons (Fsp3) is 0.920. The molecule has 1 saturated heterocycles. The largest absolute Gasteiger partial charge is 0.394 e. The maximum absolute atomic E-state index is 11.9. The molecule has 0 saturated carbocycles. The highest BCUT2D eigenvalue weighted by Gasteiger charge is 2.46. The number of carbonyl (C=O) groups excluding carboxylic acids is 1. The van der Waals surface area contributed by atoms with Crippen LogP contribution in [0.4, 0.5) is 4.79 Å². The number of nitrogens with one attached hydrogen (secondary N) is 2. The Morgan fingerprint density at radius 1 is 0.923 bits per heavy atom. The smallest absolute Gasteiger partial charge is 0.335 e. The number of hydrogen-bond acceptors (Lipinski definition) is 12. The third kappa shape index (κ3) is 13.2. The van der Waals surface area contributed by atoms with Gasteiger partial charge in [-0.05, 0) is 6.42 Å². The van der Waals surface area contributed by atoms with Gasteiger partial charge in [-0.1, -0.05) is 64.7 Å². The minimum atomic E-state index is -1.93. The third-order valence-electron chi connectivity index (χ3n) is 6.60. The average molecular weight is 568 g/mol. The number of carbonyl (C=O) groups is 1. The van der Waals surface area contributed by atoms with Gasteiger partial charge in [-0.15, -0.1) is 0 Å². The van der Waals surface area contributed by atoms with E-state index in [9.17, 15) is 45.6 Å². The van der Waals surface area contributed by atoms with Gasteiger partial charge < -0.3 is 55.6 Å². The second-order valence-electron chi connectivity index (χ2n) is 9.86. The van der Waals surface area contributed by atoms with Crippen LogP contribution in [0.15, 0.2) is 5.10 Å². The summed E-state index contributed by atoms with van der Waals surface area (Å²) >= 11 is 0. The van der Waals surface area contributed by atoms with Crippen LogP contribution in [0.5, 0.6) is 0 Å². The van der Waals surface area contributed by atoms with E-state index >= 15 is 0 Å². The van der Waals surface area contributed by atoms with E-state index in [0.29, 0.717) is 6.54 Å². The summed E-state index contributed by atoms with van der Waals surface area (Å²) < 4.78 is 10.5. The van der Waals surface area contributed by atoms with Gasteiger partial charge in [-0.25, -0.2) is 10.2 Å². The van der Waals surface area contributed by atoms with E-state index < -0.39 is 74.4 Å². The highest BCUT2D eigenvalue weighted by atomic mass is 16.7. The number of unbranched alkanes of at least 4 members (excludes halogenated alkanes) is 9. The van der Waals surface area contributed by atoms with Crippen LogP contribution in [0.3, 0.4) is 0 Å². The van der Waals surface area contributed by atoms with Crippen LogP contribution in [0.25, 0.3) is 0 Å². The van der Waals surface area contributed by atoms with E-state index in [1.165, 1.54) is 44.9 Å². The molecule has 1 aliphatic heterocycles. The molecule has 0 aromatic carbocycles. The summed E-state index contributed by atoms with van der Waals surface area (Å²) in [7, 11) is 0. The molecule has 1 rings (SSSR count). The molecule has 0 spiro atoms. The Bertz CT molecular complexity index is 673. The van der Waals surface area contributed by atoms with Gasteiger partial charge in [-0.3, -0.25) is 0 Å². The molecule has 2 amide bonds. The molecule has 1 aliphatic rings. The van der Waals surface area contributed by atoms with Crippen molar-refractivity contribution in [1.29, 1.82) is 0 Å². The van der Waals surface area contributed by atoms with E-state index in [0.717, 1.165) is 25.5 Å². The fourth-order valence-electron chi connectivity index (χ4n) is 4.15. The van der Waals surface area contributed by atoms with Gasteiger partial charge in [0.05, 0.1) is 19.4 Å². The molecule has 39 heavy (non-hydrogen) atoms. The van der Waals surface area contributed by atoms with Crippen molar-refractivity contribution in [2.45, 2.75) is 126 Å². The normalized spacial score (nSPS) is 26.7. The molecule has 0 radical (unpaired) electrons. The van der Waals surface area contributed by atoms with Crippen molar-refractivity contribution >= 4 is 12.2 Å². The Labute approximate surface area is 229 Å². The fourth-order valence-corrected chi connectivity index (χ4v) is 4.15. The summed E-state index contributed by atoms with van der Waals surface area (Å²) in [5.41, 5.74) is 2.14. The van der Waals surface area contributed by atoms with Crippen LogP contribution in [0.2, 0.25) is 0 Å². The Morgan fingerprint density at radius 3 is 2.08 bits per heavy atom. The molecule has 0 unspecified atom stereocenters. The standard InChI is InChI=1S/C25H49N3O11/c1-2-3-4-5-6-7-8-9-10-11-12-26-25(37)28-27-13-16(31)19(33)23(17(32)14-29)39-24-22(36)21(35)20(34)18(15-30)38-24/h13,16-24,29-36H,2-12,14-15H2,1H3,(H2,26,28,37)/b27-13+/t16-,17+,18+,19+,20+,21-,22+,23+,24+/m0/s1.